The Morgan fingerprint density at radius 1 is 1.16 bits per heavy atom. The number of aryl methyl sites for hydroxylation is 1. The summed E-state index contributed by atoms with van der Waals surface area (Å²) in [4.78, 5) is 15.9. The minimum Gasteiger partial charge on any atom is -0.370 e. The fourth-order valence-electron chi connectivity index (χ4n) is 2.04. The molecule has 132 valence electrons. The van der Waals surface area contributed by atoms with Gasteiger partial charge >= 0.3 is 6.18 Å². The number of alkyl halides is 3. The molecule has 0 atom stereocenters. The molecule has 2 rings (SSSR count). The minimum absolute atomic E-state index is 0.0156. The molecule has 0 aromatic heterocycles. The van der Waals surface area contributed by atoms with Gasteiger partial charge in [0.05, 0.1) is 5.56 Å². The quantitative estimate of drug-likeness (QED) is 0.559. The van der Waals surface area contributed by atoms with Crippen LogP contribution in [0.5, 0.6) is 0 Å². The van der Waals surface area contributed by atoms with Crippen LogP contribution in [0.4, 0.5) is 13.2 Å². The van der Waals surface area contributed by atoms with Crippen molar-refractivity contribution >= 4 is 39.6 Å². The first-order valence-corrected chi connectivity index (χ1v) is 8.48. The van der Waals surface area contributed by atoms with Crippen molar-refractivity contribution < 1.29 is 18.0 Å². The molecule has 9 heteroatoms. The molecule has 0 bridgehead atoms. The highest BCUT2D eigenvalue weighted by atomic mass is 79.9. The minimum atomic E-state index is -4.63. The first-order valence-electron chi connectivity index (χ1n) is 6.87. The Balaban J connectivity index is 2.57. The second kappa shape index (κ2) is 7.49. The van der Waals surface area contributed by atoms with Crippen molar-refractivity contribution in [2.24, 2.45) is 16.5 Å². The summed E-state index contributed by atoms with van der Waals surface area (Å²) in [6.07, 6.45) is -4.63. The molecule has 0 saturated carbocycles. The first kappa shape index (κ1) is 19.3. The van der Waals surface area contributed by atoms with Gasteiger partial charge in [-0.3, -0.25) is 4.79 Å². The van der Waals surface area contributed by atoms with Crippen molar-refractivity contribution in [1.29, 1.82) is 0 Å². The standard InChI is InChI=1S/C16H13BrF3N3OS/c1-8-6-13(25-12-5-3-2-4-11(12)17)10(16(18,19)20)7-9(8)14(24)23-15(21)22/h2-7H,1H3,(H4,21,22,23,24). The molecule has 1 amide bonds. The number of benzene rings is 2. The van der Waals surface area contributed by atoms with Crippen molar-refractivity contribution in [3.05, 3.63) is 57.6 Å². The zero-order chi connectivity index (χ0) is 18.8. The van der Waals surface area contributed by atoms with E-state index in [-0.39, 0.29) is 10.5 Å². The van der Waals surface area contributed by atoms with Crippen molar-refractivity contribution in [3.8, 4) is 0 Å². The summed E-state index contributed by atoms with van der Waals surface area (Å²) >= 11 is 4.26. The van der Waals surface area contributed by atoms with Crippen molar-refractivity contribution in [2.45, 2.75) is 22.9 Å². The Morgan fingerprint density at radius 3 is 2.36 bits per heavy atom. The molecule has 0 radical (unpaired) electrons. The Hall–Kier alpha value is -2.00. The number of carbonyl (C=O) groups excluding carboxylic acids is 1. The average Bonchev–Trinajstić information content (AvgIpc) is 2.47. The number of halogens is 4. The molecular formula is C16H13BrF3N3OS. The zero-order valence-corrected chi connectivity index (χ0v) is 15.3. The zero-order valence-electron chi connectivity index (χ0n) is 12.9. The maximum absolute atomic E-state index is 13.5. The van der Waals surface area contributed by atoms with Gasteiger partial charge in [0.25, 0.3) is 5.91 Å². The molecule has 0 aliphatic heterocycles. The van der Waals surface area contributed by atoms with E-state index in [0.717, 1.165) is 17.8 Å². The van der Waals surface area contributed by atoms with Crippen LogP contribution < -0.4 is 11.5 Å². The molecule has 0 unspecified atom stereocenters. The van der Waals surface area contributed by atoms with Crippen LogP contribution in [0.1, 0.15) is 21.5 Å². The third kappa shape index (κ3) is 4.76. The molecule has 0 fully saturated rings. The van der Waals surface area contributed by atoms with Crippen LogP contribution in [0.2, 0.25) is 0 Å². The third-order valence-corrected chi connectivity index (χ3v) is 5.24. The fourth-order valence-corrected chi connectivity index (χ4v) is 3.64. The van der Waals surface area contributed by atoms with E-state index < -0.39 is 23.6 Å². The van der Waals surface area contributed by atoms with E-state index in [1.807, 2.05) is 0 Å². The van der Waals surface area contributed by atoms with Gasteiger partial charge in [0, 0.05) is 19.8 Å². The van der Waals surface area contributed by atoms with Gasteiger partial charge in [0.15, 0.2) is 5.96 Å². The fraction of sp³-hybridized carbons (Fsp3) is 0.125. The predicted molar refractivity (Wildman–Crippen MR) is 94.6 cm³/mol. The Kier molecular flexibility index (Phi) is 5.79. The molecule has 2 aromatic carbocycles. The Labute approximate surface area is 154 Å². The van der Waals surface area contributed by atoms with Gasteiger partial charge in [-0.2, -0.15) is 18.2 Å². The molecule has 0 heterocycles. The maximum atomic E-state index is 13.5. The lowest BCUT2D eigenvalue weighted by Gasteiger charge is -2.16. The predicted octanol–water partition coefficient (Wildman–Crippen LogP) is 4.34. The van der Waals surface area contributed by atoms with Crippen LogP contribution in [-0.4, -0.2) is 11.9 Å². The van der Waals surface area contributed by atoms with Gasteiger partial charge in [-0.1, -0.05) is 23.9 Å². The largest absolute Gasteiger partial charge is 0.417 e. The van der Waals surface area contributed by atoms with Crippen LogP contribution in [0.25, 0.3) is 0 Å². The molecule has 0 saturated heterocycles. The summed E-state index contributed by atoms with van der Waals surface area (Å²) in [6.45, 7) is 1.53. The number of rotatable bonds is 3. The lowest BCUT2D eigenvalue weighted by molar-refractivity contribution is -0.139. The number of hydrogen-bond acceptors (Lipinski definition) is 2. The van der Waals surface area contributed by atoms with Crippen LogP contribution in [-0.2, 0) is 6.18 Å². The third-order valence-electron chi connectivity index (χ3n) is 3.15. The molecule has 4 N–H and O–H groups in total. The van der Waals surface area contributed by atoms with Crippen LogP contribution >= 0.6 is 27.7 Å². The van der Waals surface area contributed by atoms with Crippen LogP contribution in [0.3, 0.4) is 0 Å². The highest BCUT2D eigenvalue weighted by Gasteiger charge is 2.35. The van der Waals surface area contributed by atoms with E-state index in [0.29, 0.717) is 14.9 Å². The average molecular weight is 432 g/mol. The van der Waals surface area contributed by atoms with Crippen LogP contribution in [0.15, 0.2) is 55.7 Å². The monoisotopic (exact) mass is 431 g/mol. The Morgan fingerprint density at radius 2 is 1.80 bits per heavy atom. The number of nitrogens with two attached hydrogens (primary N) is 2. The summed E-state index contributed by atoms with van der Waals surface area (Å²) in [5, 5.41) is 0. The maximum Gasteiger partial charge on any atom is 0.417 e. The summed E-state index contributed by atoms with van der Waals surface area (Å²) in [6, 6.07) is 9.01. The molecule has 0 aliphatic rings. The first-order chi connectivity index (χ1) is 11.6. The molecule has 25 heavy (non-hydrogen) atoms. The van der Waals surface area contributed by atoms with Gasteiger partial charge in [-0.15, -0.1) is 0 Å². The summed E-state index contributed by atoms with van der Waals surface area (Å²) < 4.78 is 41.1. The molecule has 4 nitrogen and oxygen atoms in total. The lowest BCUT2D eigenvalue weighted by Crippen LogP contribution is -2.24. The smallest absolute Gasteiger partial charge is 0.370 e. The number of nitrogens with zero attached hydrogens (tertiary/aromatic N) is 1. The molecule has 0 aliphatic carbocycles. The number of hydrogen-bond donors (Lipinski definition) is 2. The second-order valence-corrected chi connectivity index (χ2v) is 6.97. The highest BCUT2D eigenvalue weighted by molar-refractivity contribution is 9.10. The summed E-state index contributed by atoms with van der Waals surface area (Å²) in [7, 11) is 0. The van der Waals surface area contributed by atoms with E-state index in [2.05, 4.69) is 20.9 Å². The van der Waals surface area contributed by atoms with E-state index >= 15 is 0 Å². The van der Waals surface area contributed by atoms with Gasteiger partial charge in [-0.05, 0) is 52.7 Å². The Bertz CT molecular complexity index is 849. The summed E-state index contributed by atoms with van der Waals surface area (Å²) in [5.41, 5.74) is 9.48. The number of aliphatic imine (C=N–C) groups is 1. The molecule has 2 aromatic rings. The van der Waals surface area contributed by atoms with E-state index in [4.69, 9.17) is 11.5 Å². The number of guanidine groups is 1. The van der Waals surface area contributed by atoms with E-state index in [9.17, 15) is 18.0 Å². The lowest BCUT2D eigenvalue weighted by atomic mass is 10.0. The molecule has 0 spiro atoms. The van der Waals surface area contributed by atoms with E-state index in [1.54, 1.807) is 24.3 Å². The SMILES string of the molecule is Cc1cc(Sc2ccccc2Br)c(C(F)(F)F)cc1C(=O)N=C(N)N. The summed E-state index contributed by atoms with van der Waals surface area (Å²) in [5.74, 6) is -1.43. The number of amides is 1. The molecular weight excluding hydrogens is 419 g/mol. The van der Waals surface area contributed by atoms with Crippen LogP contribution in [0, 0.1) is 6.92 Å². The van der Waals surface area contributed by atoms with Crippen molar-refractivity contribution in [3.63, 3.8) is 0 Å². The second-order valence-electron chi connectivity index (χ2n) is 5.04. The van der Waals surface area contributed by atoms with E-state index in [1.165, 1.54) is 13.0 Å². The van der Waals surface area contributed by atoms with Crippen molar-refractivity contribution in [1.82, 2.24) is 0 Å². The van der Waals surface area contributed by atoms with Crippen molar-refractivity contribution in [2.75, 3.05) is 0 Å². The topological polar surface area (TPSA) is 81.5 Å². The highest BCUT2D eigenvalue weighted by Crippen LogP contribution is 2.42. The van der Waals surface area contributed by atoms with Gasteiger partial charge in [0.2, 0.25) is 0 Å². The van der Waals surface area contributed by atoms with Gasteiger partial charge < -0.3 is 11.5 Å². The number of carbonyl (C=O) groups is 1. The van der Waals surface area contributed by atoms with Gasteiger partial charge in [-0.25, -0.2) is 0 Å². The van der Waals surface area contributed by atoms with Gasteiger partial charge in [0.1, 0.15) is 0 Å². The normalized spacial score (nSPS) is 11.2.